The fourth-order valence-corrected chi connectivity index (χ4v) is 4.10. The highest BCUT2D eigenvalue weighted by molar-refractivity contribution is 5.97. The van der Waals surface area contributed by atoms with Crippen LogP contribution >= 0.6 is 0 Å². The smallest absolute Gasteiger partial charge is 0.229 e. The van der Waals surface area contributed by atoms with Crippen molar-refractivity contribution in [1.82, 2.24) is 15.1 Å². The molecule has 160 valence electrons. The van der Waals surface area contributed by atoms with Gasteiger partial charge < -0.3 is 10.2 Å². The van der Waals surface area contributed by atoms with Gasteiger partial charge in [-0.15, -0.1) is 0 Å². The largest absolute Gasteiger partial charge is 0.351 e. The molecule has 1 N–H and O–H groups in total. The minimum atomic E-state index is -0.441. The molecule has 2 heterocycles. The minimum Gasteiger partial charge on any atom is -0.351 e. The van der Waals surface area contributed by atoms with Gasteiger partial charge in [-0.05, 0) is 50.1 Å². The zero-order valence-electron chi connectivity index (χ0n) is 17.6. The van der Waals surface area contributed by atoms with E-state index in [1.807, 2.05) is 48.9 Å². The second-order valence-corrected chi connectivity index (χ2v) is 7.82. The number of carbonyl (C=O) groups is 2. The van der Waals surface area contributed by atoms with Crippen molar-refractivity contribution in [3.05, 3.63) is 77.4 Å². The van der Waals surface area contributed by atoms with Gasteiger partial charge in [0.15, 0.2) is 0 Å². The maximum atomic E-state index is 14.0. The van der Waals surface area contributed by atoms with Crippen LogP contribution in [0.25, 0.3) is 5.69 Å². The molecule has 0 saturated carbocycles. The van der Waals surface area contributed by atoms with Gasteiger partial charge in [0.05, 0.1) is 23.1 Å². The first-order chi connectivity index (χ1) is 14.9. The van der Waals surface area contributed by atoms with Crippen LogP contribution in [0, 0.1) is 19.7 Å². The average Bonchev–Trinajstić information content (AvgIpc) is 3.26. The van der Waals surface area contributed by atoms with Gasteiger partial charge in [-0.25, -0.2) is 9.07 Å². The van der Waals surface area contributed by atoms with Crippen molar-refractivity contribution in [2.45, 2.75) is 39.2 Å². The van der Waals surface area contributed by atoms with E-state index in [0.29, 0.717) is 12.8 Å². The number of hydrogen-bond donors (Lipinski definition) is 1. The maximum absolute atomic E-state index is 14.0. The van der Waals surface area contributed by atoms with E-state index in [1.54, 1.807) is 18.2 Å². The molecule has 1 atom stereocenters. The lowest BCUT2D eigenvalue weighted by Crippen LogP contribution is -2.37. The molecule has 1 aromatic heterocycles. The Balaban J connectivity index is 1.37. The predicted octanol–water partition coefficient (Wildman–Crippen LogP) is 3.48. The van der Waals surface area contributed by atoms with E-state index >= 15 is 0 Å². The summed E-state index contributed by atoms with van der Waals surface area (Å²) in [5.41, 5.74) is 4.20. The van der Waals surface area contributed by atoms with Crippen LogP contribution in [0.2, 0.25) is 0 Å². The van der Waals surface area contributed by atoms with Crippen molar-refractivity contribution in [2.75, 3.05) is 11.4 Å². The number of amides is 2. The van der Waals surface area contributed by atoms with Crippen molar-refractivity contribution < 1.29 is 14.0 Å². The monoisotopic (exact) mass is 420 g/mol. The first kappa shape index (κ1) is 20.8. The highest BCUT2D eigenvalue weighted by atomic mass is 19.1. The van der Waals surface area contributed by atoms with Gasteiger partial charge in [-0.2, -0.15) is 5.10 Å². The number of anilines is 1. The van der Waals surface area contributed by atoms with Crippen LogP contribution in [-0.4, -0.2) is 34.2 Å². The Kier molecular flexibility index (Phi) is 5.84. The summed E-state index contributed by atoms with van der Waals surface area (Å²) in [6.07, 6.45) is 1.03. The van der Waals surface area contributed by atoms with Gasteiger partial charge >= 0.3 is 0 Å². The van der Waals surface area contributed by atoms with Crippen LogP contribution < -0.4 is 10.2 Å². The number of nitrogens with zero attached hydrogens (tertiary/aromatic N) is 3. The van der Waals surface area contributed by atoms with Crippen molar-refractivity contribution >= 4 is 17.5 Å². The van der Waals surface area contributed by atoms with E-state index in [-0.39, 0.29) is 36.5 Å². The normalized spacial score (nSPS) is 16.0. The second-order valence-electron chi connectivity index (χ2n) is 7.82. The van der Waals surface area contributed by atoms with Crippen LogP contribution in [0.3, 0.4) is 0 Å². The Morgan fingerprint density at radius 3 is 2.58 bits per heavy atom. The van der Waals surface area contributed by atoms with Crippen molar-refractivity contribution in [2.24, 2.45) is 0 Å². The quantitative estimate of drug-likeness (QED) is 0.664. The summed E-state index contributed by atoms with van der Waals surface area (Å²) < 4.78 is 15.9. The topological polar surface area (TPSA) is 67.2 Å². The van der Waals surface area contributed by atoms with E-state index in [9.17, 15) is 14.0 Å². The molecule has 0 spiro atoms. The number of benzene rings is 2. The van der Waals surface area contributed by atoms with E-state index < -0.39 is 5.82 Å². The number of halogens is 1. The molecule has 7 heteroatoms. The molecule has 1 saturated heterocycles. The van der Waals surface area contributed by atoms with Gasteiger partial charge in [0.1, 0.15) is 5.82 Å². The van der Waals surface area contributed by atoms with Crippen LogP contribution in [0.4, 0.5) is 10.1 Å². The van der Waals surface area contributed by atoms with E-state index in [4.69, 9.17) is 0 Å². The second kappa shape index (κ2) is 8.71. The molecule has 1 aliphatic heterocycles. The molecule has 2 amide bonds. The van der Waals surface area contributed by atoms with Gasteiger partial charge in [-0.3, -0.25) is 9.59 Å². The number of hydrogen-bond acceptors (Lipinski definition) is 3. The van der Waals surface area contributed by atoms with Crippen molar-refractivity contribution in [1.29, 1.82) is 0 Å². The molecular weight excluding hydrogens is 395 g/mol. The molecule has 31 heavy (non-hydrogen) atoms. The Bertz CT molecular complexity index is 1110. The maximum Gasteiger partial charge on any atom is 0.229 e. The predicted molar refractivity (Wildman–Crippen MR) is 117 cm³/mol. The summed E-state index contributed by atoms with van der Waals surface area (Å²) in [6, 6.07) is 15.7. The Morgan fingerprint density at radius 1 is 1.13 bits per heavy atom. The molecule has 4 rings (SSSR count). The fourth-order valence-electron chi connectivity index (χ4n) is 4.10. The van der Waals surface area contributed by atoms with Gasteiger partial charge in [0, 0.05) is 25.1 Å². The highest BCUT2D eigenvalue weighted by Gasteiger charge is 2.32. The molecule has 3 aromatic rings. The summed E-state index contributed by atoms with van der Waals surface area (Å²) in [7, 11) is 0. The first-order valence-electron chi connectivity index (χ1n) is 10.4. The number of para-hydroxylation sites is 2. The van der Waals surface area contributed by atoms with Crippen LogP contribution in [-0.2, 0) is 16.0 Å². The zero-order valence-corrected chi connectivity index (χ0v) is 17.6. The SMILES string of the molecule is Cc1nn(-c2ccccc2)c(C)c1CCC(=O)N[C@H]1CC(=O)N(c2ccccc2F)C1. The van der Waals surface area contributed by atoms with E-state index in [1.165, 1.54) is 11.0 Å². The van der Waals surface area contributed by atoms with Crippen molar-refractivity contribution in [3.63, 3.8) is 0 Å². The molecule has 0 radical (unpaired) electrons. The lowest BCUT2D eigenvalue weighted by atomic mass is 10.1. The number of nitrogens with one attached hydrogen (secondary N) is 1. The van der Waals surface area contributed by atoms with Gasteiger partial charge in [-0.1, -0.05) is 30.3 Å². The Labute approximate surface area is 180 Å². The molecular formula is C24H25FN4O2. The lowest BCUT2D eigenvalue weighted by Gasteiger charge is -2.17. The minimum absolute atomic E-state index is 0.126. The molecule has 2 aromatic carbocycles. The third-order valence-electron chi connectivity index (χ3n) is 5.68. The van der Waals surface area contributed by atoms with Gasteiger partial charge in [0.2, 0.25) is 11.8 Å². The molecule has 1 fully saturated rings. The zero-order chi connectivity index (χ0) is 22.0. The Hall–Kier alpha value is -3.48. The number of rotatable bonds is 6. The molecule has 1 aliphatic rings. The molecule has 6 nitrogen and oxygen atoms in total. The molecule has 0 unspecified atom stereocenters. The third kappa shape index (κ3) is 4.35. The van der Waals surface area contributed by atoms with E-state index in [2.05, 4.69) is 10.4 Å². The number of aryl methyl sites for hydroxylation is 1. The summed E-state index contributed by atoms with van der Waals surface area (Å²) in [5, 5.41) is 7.55. The van der Waals surface area contributed by atoms with Gasteiger partial charge in [0.25, 0.3) is 0 Å². The lowest BCUT2D eigenvalue weighted by molar-refractivity contribution is -0.121. The average molecular weight is 420 g/mol. The molecule has 0 bridgehead atoms. The summed E-state index contributed by atoms with van der Waals surface area (Å²) in [5.74, 6) is -0.755. The summed E-state index contributed by atoms with van der Waals surface area (Å²) in [4.78, 5) is 26.3. The summed E-state index contributed by atoms with van der Waals surface area (Å²) >= 11 is 0. The van der Waals surface area contributed by atoms with E-state index in [0.717, 1.165) is 22.6 Å². The highest BCUT2D eigenvalue weighted by Crippen LogP contribution is 2.24. The summed E-state index contributed by atoms with van der Waals surface area (Å²) in [6.45, 7) is 4.22. The van der Waals surface area contributed by atoms with Crippen molar-refractivity contribution in [3.8, 4) is 5.69 Å². The Morgan fingerprint density at radius 2 is 1.84 bits per heavy atom. The van der Waals surface area contributed by atoms with Crippen LogP contribution in [0.1, 0.15) is 29.8 Å². The third-order valence-corrected chi connectivity index (χ3v) is 5.68. The molecule has 0 aliphatic carbocycles. The number of carbonyl (C=O) groups excluding carboxylic acids is 2. The number of aromatic nitrogens is 2. The van der Waals surface area contributed by atoms with Crippen LogP contribution in [0.5, 0.6) is 0 Å². The van der Waals surface area contributed by atoms with Crippen LogP contribution in [0.15, 0.2) is 54.6 Å². The standard InChI is InChI=1S/C24H25FN4O2/c1-16-20(17(2)29(27-16)19-8-4-3-5-9-19)12-13-23(30)26-18-14-24(31)28(15-18)22-11-7-6-10-21(22)25/h3-11,18H,12-15H2,1-2H3,(H,26,30)/t18-/m0/s1. The fraction of sp³-hybridized carbons (Fsp3) is 0.292. The first-order valence-corrected chi connectivity index (χ1v) is 10.4.